The van der Waals surface area contributed by atoms with Crippen LogP contribution in [0.15, 0.2) is 24.4 Å². The van der Waals surface area contributed by atoms with E-state index >= 15 is 0 Å². The smallest absolute Gasteiger partial charge is 0.0518 e. The fourth-order valence-electron chi connectivity index (χ4n) is 1.12. The zero-order chi connectivity index (χ0) is 10.1. The van der Waals surface area contributed by atoms with Crippen molar-refractivity contribution in [1.29, 1.82) is 5.41 Å². The van der Waals surface area contributed by atoms with Crippen molar-refractivity contribution in [2.24, 2.45) is 5.92 Å². The maximum Gasteiger partial charge on any atom is 0.0518 e. The summed E-state index contributed by atoms with van der Waals surface area (Å²) in [7, 11) is 0. The molecule has 0 saturated heterocycles. The standard InChI is InChI=1S/C11H20N2/c1-4-7-11(8-12)13-9-10(5-2)6-3/h4,7-8,10,12-13H,1,5-6,9H2,2-3H3/b11-7+,12-8?. The van der Waals surface area contributed by atoms with Gasteiger partial charge in [0.15, 0.2) is 0 Å². The zero-order valence-corrected chi connectivity index (χ0v) is 8.64. The van der Waals surface area contributed by atoms with Crippen LogP contribution in [0.25, 0.3) is 0 Å². The lowest BCUT2D eigenvalue weighted by Gasteiger charge is -2.13. The molecular weight excluding hydrogens is 160 g/mol. The molecular formula is C11H20N2. The molecule has 0 bridgehead atoms. The van der Waals surface area contributed by atoms with E-state index in [0.29, 0.717) is 5.92 Å². The second-order valence-electron chi connectivity index (χ2n) is 3.07. The van der Waals surface area contributed by atoms with Crippen molar-refractivity contribution in [3.8, 4) is 0 Å². The Hall–Kier alpha value is -1.05. The molecule has 13 heavy (non-hydrogen) atoms. The summed E-state index contributed by atoms with van der Waals surface area (Å²) in [6, 6.07) is 0. The van der Waals surface area contributed by atoms with Crippen molar-refractivity contribution in [2.75, 3.05) is 6.54 Å². The predicted molar refractivity (Wildman–Crippen MR) is 59.1 cm³/mol. The van der Waals surface area contributed by atoms with Crippen LogP contribution in [0.2, 0.25) is 0 Å². The third-order valence-electron chi connectivity index (χ3n) is 2.20. The highest BCUT2D eigenvalue weighted by Crippen LogP contribution is 2.05. The molecule has 0 spiro atoms. The average molecular weight is 180 g/mol. The van der Waals surface area contributed by atoms with E-state index < -0.39 is 0 Å². The summed E-state index contributed by atoms with van der Waals surface area (Å²) < 4.78 is 0. The average Bonchev–Trinajstić information content (AvgIpc) is 2.17. The molecule has 0 aliphatic carbocycles. The van der Waals surface area contributed by atoms with Gasteiger partial charge in [-0.2, -0.15) is 0 Å². The summed E-state index contributed by atoms with van der Waals surface area (Å²) in [5.41, 5.74) is 0.835. The number of rotatable bonds is 7. The van der Waals surface area contributed by atoms with Crippen LogP contribution < -0.4 is 5.32 Å². The van der Waals surface area contributed by atoms with Crippen LogP contribution in [0, 0.1) is 11.3 Å². The second-order valence-corrected chi connectivity index (χ2v) is 3.07. The van der Waals surface area contributed by atoms with Gasteiger partial charge >= 0.3 is 0 Å². The summed E-state index contributed by atoms with van der Waals surface area (Å²) in [6.07, 6.45) is 7.20. The lowest BCUT2D eigenvalue weighted by Crippen LogP contribution is -2.22. The molecule has 0 aromatic carbocycles. The monoisotopic (exact) mass is 180 g/mol. The highest BCUT2D eigenvalue weighted by molar-refractivity contribution is 5.75. The van der Waals surface area contributed by atoms with E-state index in [-0.39, 0.29) is 0 Å². The highest BCUT2D eigenvalue weighted by atomic mass is 14.9. The SMILES string of the molecule is C=C/C=C(\C=N)NCC(CC)CC. The molecule has 0 aromatic rings. The van der Waals surface area contributed by atoms with Gasteiger partial charge in [-0.05, 0) is 12.0 Å². The first-order chi connectivity index (χ1) is 6.28. The van der Waals surface area contributed by atoms with Gasteiger partial charge in [-0.1, -0.05) is 39.3 Å². The van der Waals surface area contributed by atoms with Crippen LogP contribution in [-0.4, -0.2) is 12.8 Å². The predicted octanol–water partition coefficient (Wildman–Crippen LogP) is 2.73. The largest absolute Gasteiger partial charge is 0.384 e. The van der Waals surface area contributed by atoms with E-state index in [1.807, 2.05) is 6.08 Å². The van der Waals surface area contributed by atoms with E-state index in [1.54, 1.807) is 6.08 Å². The van der Waals surface area contributed by atoms with Crippen molar-refractivity contribution in [3.05, 3.63) is 24.4 Å². The van der Waals surface area contributed by atoms with Gasteiger partial charge < -0.3 is 10.7 Å². The van der Waals surface area contributed by atoms with Gasteiger partial charge in [0, 0.05) is 12.8 Å². The van der Waals surface area contributed by atoms with Gasteiger partial charge in [0.25, 0.3) is 0 Å². The second kappa shape index (κ2) is 7.59. The summed E-state index contributed by atoms with van der Waals surface area (Å²) in [5.74, 6) is 0.702. The minimum atomic E-state index is 0.702. The van der Waals surface area contributed by atoms with Gasteiger partial charge in [0.2, 0.25) is 0 Å². The van der Waals surface area contributed by atoms with Crippen LogP contribution in [-0.2, 0) is 0 Å². The van der Waals surface area contributed by atoms with Crippen molar-refractivity contribution in [3.63, 3.8) is 0 Å². The van der Waals surface area contributed by atoms with Crippen molar-refractivity contribution >= 4 is 6.21 Å². The van der Waals surface area contributed by atoms with Crippen LogP contribution in [0.3, 0.4) is 0 Å². The van der Waals surface area contributed by atoms with Gasteiger partial charge in [-0.15, -0.1) is 0 Å². The molecule has 74 valence electrons. The highest BCUT2D eigenvalue weighted by Gasteiger charge is 2.02. The number of allylic oxidation sites excluding steroid dienone is 3. The molecule has 2 heteroatoms. The topological polar surface area (TPSA) is 35.9 Å². The van der Waals surface area contributed by atoms with Crippen LogP contribution in [0.1, 0.15) is 26.7 Å². The van der Waals surface area contributed by atoms with Crippen molar-refractivity contribution in [1.82, 2.24) is 5.32 Å². The molecule has 0 radical (unpaired) electrons. The number of nitrogens with one attached hydrogen (secondary N) is 2. The molecule has 0 unspecified atom stereocenters. The molecule has 0 fully saturated rings. The molecule has 0 aliphatic heterocycles. The molecule has 0 saturated carbocycles. The Morgan fingerprint density at radius 3 is 2.46 bits per heavy atom. The molecule has 0 heterocycles. The zero-order valence-electron chi connectivity index (χ0n) is 8.64. The molecule has 2 nitrogen and oxygen atoms in total. The molecule has 0 aliphatic rings. The lowest BCUT2D eigenvalue weighted by molar-refractivity contribution is 0.475. The first-order valence-electron chi connectivity index (χ1n) is 4.85. The first-order valence-corrected chi connectivity index (χ1v) is 4.85. The first kappa shape index (κ1) is 11.9. The van der Waals surface area contributed by atoms with Crippen LogP contribution in [0.4, 0.5) is 0 Å². The Morgan fingerprint density at radius 1 is 1.46 bits per heavy atom. The third-order valence-corrected chi connectivity index (χ3v) is 2.20. The van der Waals surface area contributed by atoms with Gasteiger partial charge in [-0.3, -0.25) is 0 Å². The van der Waals surface area contributed by atoms with E-state index in [1.165, 1.54) is 19.1 Å². The quantitative estimate of drug-likeness (QED) is 0.458. The van der Waals surface area contributed by atoms with E-state index in [9.17, 15) is 0 Å². The van der Waals surface area contributed by atoms with E-state index in [0.717, 1.165) is 12.2 Å². The fourth-order valence-corrected chi connectivity index (χ4v) is 1.12. The summed E-state index contributed by atoms with van der Waals surface area (Å²) in [4.78, 5) is 0. The molecule has 0 atom stereocenters. The van der Waals surface area contributed by atoms with Gasteiger partial charge in [0.1, 0.15) is 0 Å². The summed E-state index contributed by atoms with van der Waals surface area (Å²) in [5, 5.41) is 10.3. The van der Waals surface area contributed by atoms with E-state index in [4.69, 9.17) is 5.41 Å². The molecule has 0 aromatic heterocycles. The minimum absolute atomic E-state index is 0.702. The van der Waals surface area contributed by atoms with Crippen molar-refractivity contribution < 1.29 is 0 Å². The van der Waals surface area contributed by atoms with E-state index in [2.05, 4.69) is 25.7 Å². The number of hydrogen-bond donors (Lipinski definition) is 2. The molecule has 0 amide bonds. The molecule has 0 rings (SSSR count). The minimum Gasteiger partial charge on any atom is -0.384 e. The van der Waals surface area contributed by atoms with Gasteiger partial charge in [-0.25, -0.2) is 0 Å². The Morgan fingerprint density at radius 2 is 2.08 bits per heavy atom. The molecule has 2 N–H and O–H groups in total. The Bertz CT molecular complexity index is 179. The Labute approximate surface area is 81.2 Å². The summed E-state index contributed by atoms with van der Waals surface area (Å²) >= 11 is 0. The lowest BCUT2D eigenvalue weighted by atomic mass is 10.0. The van der Waals surface area contributed by atoms with Crippen LogP contribution >= 0.6 is 0 Å². The maximum absolute atomic E-state index is 7.12. The third kappa shape index (κ3) is 5.23. The van der Waals surface area contributed by atoms with Gasteiger partial charge in [0.05, 0.1) is 5.70 Å². The maximum atomic E-state index is 7.12. The fraction of sp³-hybridized carbons (Fsp3) is 0.545. The van der Waals surface area contributed by atoms with Crippen LogP contribution in [0.5, 0.6) is 0 Å². The Balaban J connectivity index is 3.89. The van der Waals surface area contributed by atoms with Crippen molar-refractivity contribution in [2.45, 2.75) is 26.7 Å². The number of hydrogen-bond acceptors (Lipinski definition) is 2. The Kier molecular flexibility index (Phi) is 6.98. The summed E-state index contributed by atoms with van der Waals surface area (Å²) in [6.45, 7) is 8.93. The normalized spacial score (nSPS) is 11.5.